The second-order valence-electron chi connectivity index (χ2n) is 11.6. The molecule has 0 bridgehead atoms. The van der Waals surface area contributed by atoms with Gasteiger partial charge in [0.2, 0.25) is 0 Å². The number of hydrogen-bond acceptors (Lipinski definition) is 3. The Kier molecular flexibility index (Phi) is 5.67. The molecule has 162 valence electrons. The highest BCUT2D eigenvalue weighted by Gasteiger charge is 2.51. The summed E-state index contributed by atoms with van der Waals surface area (Å²) in [4.78, 5) is 0. The monoisotopic (exact) mass is 407 g/mol. The number of hydrogen-bond donors (Lipinski definition) is 1. The Hall–Kier alpha value is -1.78. The molecule has 1 fully saturated rings. The molecule has 3 rings (SSSR count). The maximum atomic E-state index is 6.33. The van der Waals surface area contributed by atoms with Crippen LogP contribution in [0.15, 0.2) is 42.5 Å². The van der Waals surface area contributed by atoms with E-state index in [2.05, 4.69) is 117 Å². The summed E-state index contributed by atoms with van der Waals surface area (Å²) in [5.41, 5.74) is 5.22. The van der Waals surface area contributed by atoms with Crippen LogP contribution in [0, 0.1) is 0 Å². The van der Waals surface area contributed by atoms with Crippen molar-refractivity contribution in [2.75, 3.05) is 5.32 Å². The molecule has 1 aliphatic rings. The van der Waals surface area contributed by atoms with E-state index in [-0.39, 0.29) is 29.2 Å². The van der Waals surface area contributed by atoms with E-state index in [1.807, 2.05) is 0 Å². The van der Waals surface area contributed by atoms with Gasteiger partial charge in [0.05, 0.1) is 11.2 Å². The first-order valence-corrected chi connectivity index (χ1v) is 11.0. The lowest BCUT2D eigenvalue weighted by atomic mass is 9.75. The van der Waals surface area contributed by atoms with Crippen LogP contribution in [0.2, 0.25) is 0 Å². The van der Waals surface area contributed by atoms with Crippen molar-refractivity contribution < 1.29 is 9.31 Å². The summed E-state index contributed by atoms with van der Waals surface area (Å²) in [5, 5.41) is 3.59. The predicted molar refractivity (Wildman–Crippen MR) is 129 cm³/mol. The van der Waals surface area contributed by atoms with E-state index in [4.69, 9.17) is 9.31 Å². The standard InChI is InChI=1S/C26H38BNO2/c1-23(2,3)18-11-13-21(14-12-18)28-22-16-19(24(4,5)6)15-20(17-22)27-29-25(7,8)26(9,10)30-27/h11-17,28H,1-10H3. The summed E-state index contributed by atoms with van der Waals surface area (Å²) >= 11 is 0. The lowest BCUT2D eigenvalue weighted by Gasteiger charge is -2.32. The van der Waals surface area contributed by atoms with Crippen molar-refractivity contribution >= 4 is 24.0 Å². The third-order valence-electron chi connectivity index (χ3n) is 6.39. The topological polar surface area (TPSA) is 30.5 Å². The third-order valence-corrected chi connectivity index (χ3v) is 6.39. The quantitative estimate of drug-likeness (QED) is 0.604. The molecular formula is C26H38BNO2. The van der Waals surface area contributed by atoms with Crippen LogP contribution in [0.1, 0.15) is 80.4 Å². The van der Waals surface area contributed by atoms with Gasteiger partial charge in [-0.05, 0) is 79.4 Å². The van der Waals surface area contributed by atoms with Crippen LogP contribution in [0.25, 0.3) is 0 Å². The zero-order valence-electron chi connectivity index (χ0n) is 20.4. The average molecular weight is 407 g/mol. The molecule has 1 aliphatic heterocycles. The van der Waals surface area contributed by atoms with Crippen molar-refractivity contribution in [1.29, 1.82) is 0 Å². The summed E-state index contributed by atoms with van der Waals surface area (Å²) in [6.45, 7) is 21.8. The first-order chi connectivity index (χ1) is 13.6. The maximum Gasteiger partial charge on any atom is 0.494 e. The van der Waals surface area contributed by atoms with E-state index in [9.17, 15) is 0 Å². The zero-order chi connectivity index (χ0) is 22.5. The van der Waals surface area contributed by atoms with Gasteiger partial charge >= 0.3 is 7.12 Å². The molecule has 0 radical (unpaired) electrons. The van der Waals surface area contributed by atoms with Gasteiger partial charge < -0.3 is 14.6 Å². The minimum Gasteiger partial charge on any atom is -0.399 e. The smallest absolute Gasteiger partial charge is 0.399 e. The molecule has 2 aromatic rings. The molecule has 0 spiro atoms. The van der Waals surface area contributed by atoms with Gasteiger partial charge in [-0.1, -0.05) is 59.7 Å². The Morgan fingerprint density at radius 2 is 1.17 bits per heavy atom. The Labute approximate surface area is 183 Å². The van der Waals surface area contributed by atoms with E-state index < -0.39 is 0 Å². The molecule has 0 aliphatic carbocycles. The first-order valence-electron chi connectivity index (χ1n) is 11.0. The fourth-order valence-corrected chi connectivity index (χ4v) is 3.49. The van der Waals surface area contributed by atoms with Crippen LogP contribution in [0.4, 0.5) is 11.4 Å². The molecule has 30 heavy (non-hydrogen) atoms. The molecule has 3 nitrogen and oxygen atoms in total. The lowest BCUT2D eigenvalue weighted by Crippen LogP contribution is -2.41. The van der Waals surface area contributed by atoms with E-state index in [1.54, 1.807) is 0 Å². The summed E-state index contributed by atoms with van der Waals surface area (Å²) in [5.74, 6) is 0. The van der Waals surface area contributed by atoms with E-state index >= 15 is 0 Å². The SMILES string of the molecule is CC(C)(C)c1ccc(Nc2cc(B3OC(C)(C)C(C)(C)O3)cc(C(C)(C)C)c2)cc1. The minimum absolute atomic E-state index is 0.0200. The van der Waals surface area contributed by atoms with Gasteiger partial charge in [0.1, 0.15) is 0 Å². The van der Waals surface area contributed by atoms with Crippen molar-refractivity contribution in [2.45, 2.75) is 91.3 Å². The Morgan fingerprint density at radius 3 is 1.63 bits per heavy atom. The number of rotatable bonds is 3. The molecule has 0 aromatic heterocycles. The predicted octanol–water partition coefficient (Wildman–Crippen LogP) is 6.32. The Bertz CT molecular complexity index is 886. The fourth-order valence-electron chi connectivity index (χ4n) is 3.49. The third kappa shape index (κ3) is 4.76. The van der Waals surface area contributed by atoms with Crippen LogP contribution in [0.3, 0.4) is 0 Å². The molecule has 0 saturated carbocycles. The van der Waals surface area contributed by atoms with Gasteiger partial charge in [0.15, 0.2) is 0 Å². The highest BCUT2D eigenvalue weighted by atomic mass is 16.7. The zero-order valence-corrected chi connectivity index (χ0v) is 20.4. The molecule has 0 unspecified atom stereocenters. The van der Waals surface area contributed by atoms with Crippen molar-refractivity contribution in [3.63, 3.8) is 0 Å². The molecule has 0 atom stereocenters. The molecule has 1 heterocycles. The summed E-state index contributed by atoms with van der Waals surface area (Å²) in [7, 11) is -0.374. The minimum atomic E-state index is -0.374. The molecular weight excluding hydrogens is 369 g/mol. The summed E-state index contributed by atoms with van der Waals surface area (Å²) in [6, 6.07) is 15.3. The normalized spacial score (nSPS) is 18.5. The average Bonchev–Trinajstić information content (AvgIpc) is 2.81. The summed E-state index contributed by atoms with van der Waals surface area (Å²) in [6.07, 6.45) is 0. The van der Waals surface area contributed by atoms with Gasteiger partial charge in [-0.2, -0.15) is 0 Å². The lowest BCUT2D eigenvalue weighted by molar-refractivity contribution is 0.00578. The number of benzene rings is 2. The molecule has 2 aromatic carbocycles. The van der Waals surface area contributed by atoms with Gasteiger partial charge in [-0.15, -0.1) is 0 Å². The second kappa shape index (κ2) is 7.42. The summed E-state index contributed by atoms with van der Waals surface area (Å²) < 4.78 is 12.7. The van der Waals surface area contributed by atoms with Crippen molar-refractivity contribution in [3.05, 3.63) is 53.6 Å². The van der Waals surface area contributed by atoms with Gasteiger partial charge in [0.25, 0.3) is 0 Å². The molecule has 0 amide bonds. The van der Waals surface area contributed by atoms with Crippen LogP contribution >= 0.6 is 0 Å². The van der Waals surface area contributed by atoms with Gasteiger partial charge in [0, 0.05) is 11.4 Å². The largest absolute Gasteiger partial charge is 0.494 e. The van der Waals surface area contributed by atoms with Crippen LogP contribution in [-0.4, -0.2) is 18.3 Å². The van der Waals surface area contributed by atoms with E-state index in [0.29, 0.717) is 0 Å². The first kappa shape index (κ1) is 22.9. The molecule has 1 N–H and O–H groups in total. The second-order valence-corrected chi connectivity index (χ2v) is 11.6. The van der Waals surface area contributed by atoms with Crippen molar-refractivity contribution in [2.24, 2.45) is 0 Å². The highest BCUT2D eigenvalue weighted by Crippen LogP contribution is 2.37. The van der Waals surface area contributed by atoms with Gasteiger partial charge in [-0.3, -0.25) is 0 Å². The Morgan fingerprint density at radius 1 is 0.667 bits per heavy atom. The van der Waals surface area contributed by atoms with Crippen molar-refractivity contribution in [1.82, 2.24) is 0 Å². The fraction of sp³-hybridized carbons (Fsp3) is 0.538. The maximum absolute atomic E-state index is 6.33. The van der Waals surface area contributed by atoms with E-state index in [0.717, 1.165) is 16.8 Å². The van der Waals surface area contributed by atoms with Crippen LogP contribution in [-0.2, 0) is 20.1 Å². The van der Waals surface area contributed by atoms with Crippen LogP contribution < -0.4 is 10.8 Å². The molecule has 1 saturated heterocycles. The number of nitrogens with one attached hydrogen (secondary N) is 1. The van der Waals surface area contributed by atoms with Gasteiger partial charge in [-0.25, -0.2) is 0 Å². The highest BCUT2D eigenvalue weighted by molar-refractivity contribution is 6.62. The van der Waals surface area contributed by atoms with Crippen LogP contribution in [0.5, 0.6) is 0 Å². The number of anilines is 2. The Balaban J connectivity index is 1.94. The molecule has 4 heteroatoms. The van der Waals surface area contributed by atoms with Crippen molar-refractivity contribution in [3.8, 4) is 0 Å². The van der Waals surface area contributed by atoms with E-state index in [1.165, 1.54) is 11.1 Å².